The molecule has 3 rings (SSSR count). The highest BCUT2D eigenvalue weighted by atomic mass is 16.5. The van der Waals surface area contributed by atoms with E-state index in [2.05, 4.69) is 16.0 Å². The van der Waals surface area contributed by atoms with E-state index in [9.17, 15) is 10.1 Å². The van der Waals surface area contributed by atoms with Crippen LogP contribution < -0.4 is 10.1 Å². The molecule has 0 aliphatic heterocycles. The molecule has 0 spiro atoms. The molecule has 1 N–H and O–H groups in total. The van der Waals surface area contributed by atoms with Crippen LogP contribution in [0.4, 0.5) is 10.5 Å². The first kappa shape index (κ1) is 20.3. The van der Waals surface area contributed by atoms with Crippen LogP contribution in [-0.2, 0) is 11.3 Å². The molecule has 1 heterocycles. The van der Waals surface area contributed by atoms with Gasteiger partial charge in [-0.25, -0.2) is 4.79 Å². The zero-order valence-electron chi connectivity index (χ0n) is 17.2. The predicted molar refractivity (Wildman–Crippen MR) is 114 cm³/mol. The van der Waals surface area contributed by atoms with Gasteiger partial charge in [0.15, 0.2) is 0 Å². The normalized spacial score (nSPS) is 10.8. The van der Waals surface area contributed by atoms with E-state index in [1.54, 1.807) is 7.11 Å². The molecule has 3 aromatic rings. The molecule has 1 amide bonds. The Hall–Kier alpha value is -3.46. The van der Waals surface area contributed by atoms with Crippen LogP contribution in [0.25, 0.3) is 22.2 Å². The number of fused-ring (bicyclic) bond motifs is 1. The van der Waals surface area contributed by atoms with Gasteiger partial charge in [-0.3, -0.25) is 5.32 Å². The van der Waals surface area contributed by atoms with Gasteiger partial charge in [-0.05, 0) is 42.7 Å². The first-order chi connectivity index (χ1) is 14.0. The van der Waals surface area contributed by atoms with Gasteiger partial charge in [-0.1, -0.05) is 26.0 Å². The van der Waals surface area contributed by atoms with Crippen LogP contribution >= 0.6 is 0 Å². The summed E-state index contributed by atoms with van der Waals surface area (Å²) in [4.78, 5) is 11.9. The molecule has 0 saturated carbocycles. The van der Waals surface area contributed by atoms with Crippen molar-refractivity contribution in [3.8, 4) is 23.1 Å². The summed E-state index contributed by atoms with van der Waals surface area (Å²) < 4.78 is 12.6. The monoisotopic (exact) mass is 391 g/mol. The highest BCUT2D eigenvalue weighted by molar-refractivity contribution is 5.95. The molecule has 0 saturated heterocycles. The summed E-state index contributed by atoms with van der Waals surface area (Å²) in [6.07, 6.45) is -0.473. The van der Waals surface area contributed by atoms with Gasteiger partial charge in [0.05, 0.1) is 30.5 Å². The summed E-state index contributed by atoms with van der Waals surface area (Å²) >= 11 is 0. The summed E-state index contributed by atoms with van der Waals surface area (Å²) in [6.45, 7) is 7.09. The minimum atomic E-state index is -0.473. The van der Waals surface area contributed by atoms with Crippen molar-refractivity contribution in [3.05, 3.63) is 48.0 Å². The number of nitriles is 1. The number of ether oxygens (including phenoxy) is 2. The number of nitrogens with one attached hydrogen (secondary N) is 1. The Bertz CT molecular complexity index is 1060. The number of hydrogen-bond acceptors (Lipinski definition) is 4. The van der Waals surface area contributed by atoms with Crippen LogP contribution in [-0.4, -0.2) is 24.4 Å². The first-order valence-electron chi connectivity index (χ1n) is 9.63. The molecule has 0 aliphatic carbocycles. The Morgan fingerprint density at radius 1 is 1.21 bits per heavy atom. The lowest BCUT2D eigenvalue weighted by atomic mass is 10.1. The van der Waals surface area contributed by atoms with Gasteiger partial charge in [0.25, 0.3) is 0 Å². The summed E-state index contributed by atoms with van der Waals surface area (Å²) in [5.74, 6) is 1.03. The van der Waals surface area contributed by atoms with Gasteiger partial charge in [0, 0.05) is 23.7 Å². The number of aromatic nitrogens is 1. The number of nitrogens with zero attached hydrogens (tertiary/aromatic N) is 2. The van der Waals surface area contributed by atoms with Gasteiger partial charge in [0.2, 0.25) is 0 Å². The maximum Gasteiger partial charge on any atom is 0.411 e. The quantitative estimate of drug-likeness (QED) is 0.609. The molecule has 2 aromatic carbocycles. The number of carbonyl (C=O) groups is 1. The number of rotatable bonds is 6. The fourth-order valence-corrected chi connectivity index (χ4v) is 3.31. The molecule has 0 radical (unpaired) electrons. The topological polar surface area (TPSA) is 76.3 Å². The van der Waals surface area contributed by atoms with E-state index in [1.807, 2.05) is 63.2 Å². The number of aryl methyl sites for hydroxylation is 1. The molecule has 6 heteroatoms. The Morgan fingerprint density at radius 2 is 1.93 bits per heavy atom. The maximum atomic E-state index is 11.9. The van der Waals surface area contributed by atoms with E-state index in [4.69, 9.17) is 9.47 Å². The zero-order chi connectivity index (χ0) is 21.0. The van der Waals surface area contributed by atoms with Crippen LogP contribution in [0, 0.1) is 17.2 Å². The van der Waals surface area contributed by atoms with E-state index in [0.717, 1.165) is 27.9 Å². The van der Waals surface area contributed by atoms with Crippen LogP contribution in [0.1, 0.15) is 26.3 Å². The number of amides is 1. The Morgan fingerprint density at radius 3 is 2.52 bits per heavy atom. The molecular weight excluding hydrogens is 366 g/mol. The summed E-state index contributed by atoms with van der Waals surface area (Å²) in [6, 6.07) is 15.5. The SMILES string of the molecule is CCn1c(-c2ccc(NC(=O)OCC(C)C)cc2)c(C#N)c2ccc(OC)cc21. The molecule has 0 bridgehead atoms. The number of carbonyl (C=O) groups excluding carboxylic acids is 1. The highest BCUT2D eigenvalue weighted by Gasteiger charge is 2.18. The van der Waals surface area contributed by atoms with Crippen molar-refractivity contribution in [2.45, 2.75) is 27.3 Å². The fourth-order valence-electron chi connectivity index (χ4n) is 3.31. The van der Waals surface area contributed by atoms with Crippen molar-refractivity contribution in [1.29, 1.82) is 5.26 Å². The molecule has 150 valence electrons. The average Bonchev–Trinajstić information content (AvgIpc) is 3.05. The predicted octanol–water partition coefficient (Wildman–Crippen LogP) is 5.41. The lowest BCUT2D eigenvalue weighted by Crippen LogP contribution is -2.16. The fraction of sp³-hybridized carbons (Fsp3) is 0.304. The molecule has 0 unspecified atom stereocenters. The molecule has 0 aliphatic rings. The highest BCUT2D eigenvalue weighted by Crippen LogP contribution is 2.35. The van der Waals surface area contributed by atoms with Gasteiger partial charge in [-0.15, -0.1) is 0 Å². The van der Waals surface area contributed by atoms with Crippen molar-refractivity contribution in [2.75, 3.05) is 19.0 Å². The third kappa shape index (κ3) is 4.19. The maximum absolute atomic E-state index is 11.9. The van der Waals surface area contributed by atoms with Gasteiger partial charge in [0.1, 0.15) is 11.8 Å². The third-order valence-electron chi connectivity index (χ3n) is 4.65. The minimum Gasteiger partial charge on any atom is -0.497 e. The third-order valence-corrected chi connectivity index (χ3v) is 4.65. The van der Waals surface area contributed by atoms with E-state index in [0.29, 0.717) is 24.4 Å². The zero-order valence-corrected chi connectivity index (χ0v) is 17.2. The second kappa shape index (κ2) is 8.70. The summed E-state index contributed by atoms with van der Waals surface area (Å²) in [5, 5.41) is 13.4. The molecule has 0 fully saturated rings. The van der Waals surface area contributed by atoms with E-state index < -0.39 is 6.09 Å². The number of hydrogen-bond donors (Lipinski definition) is 1. The second-order valence-corrected chi connectivity index (χ2v) is 7.16. The van der Waals surface area contributed by atoms with E-state index in [1.165, 1.54) is 0 Å². The summed E-state index contributed by atoms with van der Waals surface area (Å²) in [5.41, 5.74) is 3.98. The van der Waals surface area contributed by atoms with Crippen molar-refractivity contribution < 1.29 is 14.3 Å². The lowest BCUT2D eigenvalue weighted by Gasteiger charge is -2.11. The molecular formula is C23H25N3O3. The number of benzene rings is 2. The lowest BCUT2D eigenvalue weighted by molar-refractivity contribution is 0.147. The van der Waals surface area contributed by atoms with Gasteiger partial charge < -0.3 is 14.0 Å². The van der Waals surface area contributed by atoms with E-state index in [-0.39, 0.29) is 5.92 Å². The van der Waals surface area contributed by atoms with Crippen molar-refractivity contribution in [1.82, 2.24) is 4.57 Å². The first-order valence-corrected chi connectivity index (χ1v) is 9.63. The molecule has 29 heavy (non-hydrogen) atoms. The van der Waals surface area contributed by atoms with Crippen molar-refractivity contribution in [3.63, 3.8) is 0 Å². The van der Waals surface area contributed by atoms with Crippen LogP contribution in [0.2, 0.25) is 0 Å². The number of anilines is 1. The van der Waals surface area contributed by atoms with Crippen LogP contribution in [0.3, 0.4) is 0 Å². The average molecular weight is 391 g/mol. The van der Waals surface area contributed by atoms with E-state index >= 15 is 0 Å². The van der Waals surface area contributed by atoms with Crippen molar-refractivity contribution in [2.24, 2.45) is 5.92 Å². The Balaban J connectivity index is 1.96. The molecule has 0 atom stereocenters. The largest absolute Gasteiger partial charge is 0.497 e. The Kier molecular flexibility index (Phi) is 6.08. The number of methoxy groups -OCH3 is 1. The minimum absolute atomic E-state index is 0.280. The smallest absolute Gasteiger partial charge is 0.411 e. The van der Waals surface area contributed by atoms with Crippen LogP contribution in [0.15, 0.2) is 42.5 Å². The van der Waals surface area contributed by atoms with Gasteiger partial charge in [-0.2, -0.15) is 5.26 Å². The second-order valence-electron chi connectivity index (χ2n) is 7.16. The standard InChI is InChI=1S/C23H25N3O3/c1-5-26-21-12-18(28-4)10-11-19(21)20(13-24)22(26)16-6-8-17(9-7-16)25-23(27)29-14-15(2)3/h6-12,15H,5,14H2,1-4H3,(H,25,27). The van der Waals surface area contributed by atoms with Crippen LogP contribution in [0.5, 0.6) is 5.75 Å². The molecule has 6 nitrogen and oxygen atoms in total. The van der Waals surface area contributed by atoms with Crippen molar-refractivity contribution >= 4 is 22.7 Å². The van der Waals surface area contributed by atoms with Gasteiger partial charge >= 0.3 is 6.09 Å². The summed E-state index contributed by atoms with van der Waals surface area (Å²) in [7, 11) is 1.63. The Labute approximate surface area is 170 Å². The molecule has 1 aromatic heterocycles.